The van der Waals surface area contributed by atoms with E-state index in [1.54, 1.807) is 42.5 Å². The predicted octanol–water partition coefficient (Wildman–Crippen LogP) is 7.61. The average Bonchev–Trinajstić information content (AvgIpc) is 3.18. The largest absolute Gasteiger partial charge is 0.496 e. The normalized spacial score (nSPS) is 12.4. The number of carbonyl (C=O) groups excluding carboxylic acids is 3. The smallest absolute Gasteiger partial charge is 0.417 e. The van der Waals surface area contributed by atoms with Gasteiger partial charge in [0.25, 0.3) is 5.91 Å². The number of carbonyl (C=O) groups is 4. The molecule has 0 bridgehead atoms. The lowest BCUT2D eigenvalue weighted by molar-refractivity contribution is -0.138. The van der Waals surface area contributed by atoms with Crippen LogP contribution in [0.3, 0.4) is 0 Å². The number of benzene rings is 4. The summed E-state index contributed by atoms with van der Waals surface area (Å²) in [5.74, 6) is -1.01. The Morgan fingerprint density at radius 3 is 2.28 bits per heavy atom. The molecule has 298 valence electrons. The number of rotatable bonds is 16. The Morgan fingerprint density at radius 2 is 1.60 bits per heavy atom. The van der Waals surface area contributed by atoms with E-state index in [0.29, 0.717) is 28.0 Å². The van der Waals surface area contributed by atoms with Crippen LogP contribution in [-0.4, -0.2) is 67.9 Å². The highest BCUT2D eigenvalue weighted by atomic mass is 35.5. The molecule has 57 heavy (non-hydrogen) atoms. The van der Waals surface area contributed by atoms with E-state index in [1.165, 1.54) is 76.9 Å². The van der Waals surface area contributed by atoms with Crippen LogP contribution in [0.1, 0.15) is 22.8 Å². The highest BCUT2D eigenvalue weighted by Crippen LogP contribution is 2.46. The van der Waals surface area contributed by atoms with Crippen LogP contribution in [0, 0.1) is 0 Å². The lowest BCUT2D eigenvalue weighted by Crippen LogP contribution is -2.33. The lowest BCUT2D eigenvalue weighted by atomic mass is 10.1. The number of aliphatic carboxylic acids is 1. The molecule has 4 N–H and O–H groups in total. The van der Waals surface area contributed by atoms with Gasteiger partial charge in [0.15, 0.2) is 11.5 Å². The van der Waals surface area contributed by atoms with Gasteiger partial charge in [0.1, 0.15) is 42.0 Å². The van der Waals surface area contributed by atoms with E-state index in [2.05, 4.69) is 20.7 Å². The van der Waals surface area contributed by atoms with Crippen LogP contribution in [0.15, 0.2) is 91.1 Å². The van der Waals surface area contributed by atoms with E-state index in [9.17, 15) is 28.8 Å². The Balaban J connectivity index is 1.27. The van der Waals surface area contributed by atoms with Gasteiger partial charge in [-0.25, -0.2) is 14.7 Å². The zero-order valence-electron chi connectivity index (χ0n) is 30.8. The summed E-state index contributed by atoms with van der Waals surface area (Å²) >= 11 is 6.44. The molecule has 5 aromatic rings. The number of ether oxygens (including phenoxy) is 6. The fourth-order valence-electron chi connectivity index (χ4n) is 5.10. The van der Waals surface area contributed by atoms with Gasteiger partial charge in [0.2, 0.25) is 0 Å². The van der Waals surface area contributed by atoms with Gasteiger partial charge in [0.05, 0.1) is 36.0 Å². The summed E-state index contributed by atoms with van der Waals surface area (Å²) < 4.78 is 51.4. The highest BCUT2D eigenvalue weighted by Gasteiger charge is 2.31. The van der Waals surface area contributed by atoms with Crippen molar-refractivity contribution in [2.24, 2.45) is 0 Å². The van der Waals surface area contributed by atoms with E-state index in [4.69, 9.17) is 44.5 Å². The molecule has 5 rings (SSSR count). The van der Waals surface area contributed by atoms with E-state index in [-0.39, 0.29) is 45.9 Å². The summed E-state index contributed by atoms with van der Waals surface area (Å²) in [7, 11) is 0.0424. The standard InChI is InChI=1S/C38H36ClN4O13P/c1-22(36(45)46)43-57(49,21-50-2)56-34-16-23(10-13-32(34)51-3)20-53-37(47)42-35(44)27-18-26-30(19-33(27)52-4)40-15-14-31(26)54-25-11-12-29(28(39)17-25)41-38(48)55-24-8-6-5-7-9-24/h5-19,22H,20-21H2,1-4H3,(H,41,48)(H,43,49)(H,45,46)(H,42,44,47). The molecular formula is C38H36ClN4O13P. The van der Waals surface area contributed by atoms with Gasteiger partial charge < -0.3 is 38.1 Å². The number of carboxylic acid groups (broad SMARTS) is 1. The van der Waals surface area contributed by atoms with Crippen LogP contribution in [-0.2, 0) is 25.4 Å². The van der Waals surface area contributed by atoms with Crippen molar-refractivity contribution < 1.29 is 61.8 Å². The summed E-state index contributed by atoms with van der Waals surface area (Å²) in [5.41, 5.74) is 0.965. The Labute approximate surface area is 330 Å². The zero-order valence-corrected chi connectivity index (χ0v) is 32.4. The second kappa shape index (κ2) is 19.0. The number of nitrogens with zero attached hydrogens (tertiary/aromatic N) is 1. The number of halogens is 1. The SMILES string of the molecule is COCP(=O)(NC(C)C(=O)O)Oc1cc(COC(=O)NC(=O)c2cc3c(Oc4ccc(NC(=O)Oc5ccccc5)c(Cl)c4)ccnc3cc2OC)ccc1OC. The van der Waals surface area contributed by atoms with Gasteiger partial charge in [-0.2, -0.15) is 0 Å². The molecule has 0 saturated heterocycles. The van der Waals surface area contributed by atoms with Gasteiger partial charge in [0, 0.05) is 30.8 Å². The van der Waals surface area contributed by atoms with E-state index in [1.807, 2.05) is 0 Å². The Morgan fingerprint density at radius 1 is 0.842 bits per heavy atom. The number of imide groups is 1. The van der Waals surface area contributed by atoms with Crippen molar-refractivity contribution in [2.75, 3.05) is 33.0 Å². The van der Waals surface area contributed by atoms with Gasteiger partial charge in [-0.15, -0.1) is 0 Å². The van der Waals surface area contributed by atoms with Crippen molar-refractivity contribution in [3.8, 4) is 34.5 Å². The number of hydrogen-bond acceptors (Lipinski definition) is 13. The second-order valence-corrected chi connectivity index (χ2v) is 14.3. The van der Waals surface area contributed by atoms with Crippen LogP contribution >= 0.6 is 19.1 Å². The molecule has 0 fully saturated rings. The predicted molar refractivity (Wildman–Crippen MR) is 207 cm³/mol. The average molecular weight is 823 g/mol. The first-order valence-electron chi connectivity index (χ1n) is 16.7. The Hall–Kier alpha value is -6.39. The van der Waals surface area contributed by atoms with Crippen molar-refractivity contribution in [1.29, 1.82) is 0 Å². The fourth-order valence-corrected chi connectivity index (χ4v) is 7.00. The highest BCUT2D eigenvalue weighted by molar-refractivity contribution is 7.57. The van der Waals surface area contributed by atoms with Crippen molar-refractivity contribution in [3.63, 3.8) is 0 Å². The van der Waals surface area contributed by atoms with Crippen LogP contribution < -0.4 is 39.2 Å². The Kier molecular flexibility index (Phi) is 13.9. The quantitative estimate of drug-likeness (QED) is 0.0704. The number of hydrogen-bond donors (Lipinski definition) is 4. The molecule has 2 atom stereocenters. The topological polar surface area (TPSA) is 219 Å². The number of methoxy groups -OCH3 is 3. The summed E-state index contributed by atoms with van der Waals surface area (Å²) in [6.07, 6.45) is -0.823. The van der Waals surface area contributed by atoms with Crippen molar-refractivity contribution in [3.05, 3.63) is 107 Å². The number of nitrogens with one attached hydrogen (secondary N) is 3. The number of fused-ring (bicyclic) bond motifs is 1. The van der Waals surface area contributed by atoms with Gasteiger partial charge in [-0.1, -0.05) is 35.9 Å². The number of aromatic nitrogens is 1. The van der Waals surface area contributed by atoms with Gasteiger partial charge >= 0.3 is 25.7 Å². The van der Waals surface area contributed by atoms with Crippen molar-refractivity contribution >= 4 is 59.8 Å². The third-order valence-corrected chi connectivity index (χ3v) is 9.93. The number of pyridine rings is 1. The number of amides is 3. The van der Waals surface area contributed by atoms with Crippen LogP contribution in [0.5, 0.6) is 34.5 Å². The molecular weight excluding hydrogens is 787 g/mol. The van der Waals surface area contributed by atoms with Gasteiger partial charge in [-0.3, -0.25) is 29.8 Å². The van der Waals surface area contributed by atoms with Crippen LogP contribution in [0.2, 0.25) is 5.02 Å². The summed E-state index contributed by atoms with van der Waals surface area (Å²) in [6.45, 7) is 0.923. The van der Waals surface area contributed by atoms with E-state index < -0.39 is 44.0 Å². The fraction of sp³-hybridized carbons (Fsp3) is 0.184. The number of anilines is 1. The molecule has 3 amide bonds. The molecule has 0 aliphatic rings. The minimum atomic E-state index is -3.92. The lowest BCUT2D eigenvalue weighted by Gasteiger charge is -2.23. The molecule has 0 spiro atoms. The number of para-hydroxylation sites is 1. The first-order valence-corrected chi connectivity index (χ1v) is 18.9. The van der Waals surface area contributed by atoms with Crippen LogP contribution in [0.25, 0.3) is 10.9 Å². The maximum Gasteiger partial charge on any atom is 0.417 e. The number of carboxylic acids is 1. The third-order valence-electron chi connectivity index (χ3n) is 7.75. The minimum Gasteiger partial charge on any atom is -0.496 e. The molecule has 0 aliphatic carbocycles. The zero-order chi connectivity index (χ0) is 41.1. The Bertz CT molecular complexity index is 2330. The maximum absolute atomic E-state index is 13.4. The molecule has 17 nitrogen and oxygen atoms in total. The van der Waals surface area contributed by atoms with Crippen molar-refractivity contribution in [1.82, 2.24) is 15.4 Å². The summed E-state index contributed by atoms with van der Waals surface area (Å²) in [5, 5.41) is 17.0. The monoisotopic (exact) mass is 822 g/mol. The summed E-state index contributed by atoms with van der Waals surface area (Å²) in [6, 6.07) is 20.7. The molecule has 0 saturated carbocycles. The molecule has 1 heterocycles. The van der Waals surface area contributed by atoms with E-state index >= 15 is 0 Å². The first kappa shape index (κ1) is 41.8. The maximum atomic E-state index is 13.4. The molecule has 0 aliphatic heterocycles. The third kappa shape index (κ3) is 11.1. The van der Waals surface area contributed by atoms with E-state index in [0.717, 1.165) is 0 Å². The number of alkyl carbamates (subject to hydrolysis) is 1. The molecule has 4 aromatic carbocycles. The molecule has 1 aromatic heterocycles. The van der Waals surface area contributed by atoms with Crippen molar-refractivity contribution in [2.45, 2.75) is 19.6 Å². The molecule has 0 radical (unpaired) electrons. The molecule has 19 heteroatoms. The van der Waals surface area contributed by atoms with Gasteiger partial charge in [-0.05, 0) is 61.0 Å². The molecule has 2 unspecified atom stereocenters. The first-order chi connectivity index (χ1) is 27.3. The second-order valence-electron chi connectivity index (χ2n) is 11.8. The summed E-state index contributed by atoms with van der Waals surface area (Å²) in [4.78, 5) is 54.3. The van der Waals surface area contributed by atoms with Crippen LogP contribution in [0.4, 0.5) is 15.3 Å². The minimum absolute atomic E-state index is 0.0495.